The monoisotopic (exact) mass is 290 g/mol. The number of amides is 1. The molecule has 2 aromatic rings. The maximum Gasteiger partial charge on any atom is 0.332 e. The minimum absolute atomic E-state index is 0.00746. The minimum Gasteiger partial charge on any atom is -0.479 e. The summed E-state index contributed by atoms with van der Waals surface area (Å²) in [5.41, 5.74) is 1.97. The van der Waals surface area contributed by atoms with E-state index >= 15 is 0 Å². The summed E-state index contributed by atoms with van der Waals surface area (Å²) >= 11 is 0. The molecule has 1 aromatic heterocycles. The molecule has 0 saturated carbocycles. The van der Waals surface area contributed by atoms with Gasteiger partial charge in [0.2, 0.25) is 5.91 Å². The van der Waals surface area contributed by atoms with Crippen LogP contribution in [-0.4, -0.2) is 39.3 Å². The van der Waals surface area contributed by atoms with Gasteiger partial charge in [0.1, 0.15) is 6.54 Å². The van der Waals surface area contributed by atoms with E-state index in [1.807, 2.05) is 41.8 Å². The molecular weight excluding hydrogens is 272 g/mol. The Morgan fingerprint density at radius 3 is 2.76 bits per heavy atom. The van der Waals surface area contributed by atoms with Crippen molar-refractivity contribution < 1.29 is 19.8 Å². The SMILES string of the molecule is Cc1cc2ccccc2n1CC(=O)NCC[C@H](O)C(=O)O. The fraction of sp³-hybridized carbons (Fsp3) is 0.333. The molecule has 0 aliphatic rings. The van der Waals surface area contributed by atoms with Gasteiger partial charge >= 0.3 is 5.97 Å². The Hall–Kier alpha value is -2.34. The zero-order valence-corrected chi connectivity index (χ0v) is 11.7. The fourth-order valence-electron chi connectivity index (χ4n) is 2.23. The van der Waals surface area contributed by atoms with Crippen LogP contribution in [-0.2, 0) is 16.1 Å². The number of hydrogen-bond donors (Lipinski definition) is 3. The average Bonchev–Trinajstić information content (AvgIpc) is 2.75. The van der Waals surface area contributed by atoms with Gasteiger partial charge < -0.3 is 20.1 Å². The van der Waals surface area contributed by atoms with Crippen molar-refractivity contribution in [3.8, 4) is 0 Å². The maximum atomic E-state index is 11.9. The highest BCUT2D eigenvalue weighted by atomic mass is 16.4. The summed E-state index contributed by atoms with van der Waals surface area (Å²) in [6.07, 6.45) is -1.45. The molecule has 1 atom stereocenters. The topological polar surface area (TPSA) is 91.6 Å². The first kappa shape index (κ1) is 15.1. The van der Waals surface area contributed by atoms with E-state index in [0.29, 0.717) is 0 Å². The predicted molar refractivity (Wildman–Crippen MR) is 77.9 cm³/mol. The van der Waals surface area contributed by atoms with Crippen LogP contribution in [0.3, 0.4) is 0 Å². The summed E-state index contributed by atoms with van der Waals surface area (Å²) in [6.45, 7) is 2.23. The van der Waals surface area contributed by atoms with Crippen molar-refractivity contribution >= 4 is 22.8 Å². The third-order valence-corrected chi connectivity index (χ3v) is 3.34. The smallest absolute Gasteiger partial charge is 0.332 e. The molecule has 0 saturated heterocycles. The van der Waals surface area contributed by atoms with Crippen molar-refractivity contribution in [2.45, 2.75) is 26.0 Å². The number of aromatic nitrogens is 1. The van der Waals surface area contributed by atoms with Gasteiger partial charge in [-0.3, -0.25) is 4.79 Å². The number of carbonyl (C=O) groups is 2. The number of nitrogens with one attached hydrogen (secondary N) is 1. The molecule has 112 valence electrons. The molecular formula is C15H18N2O4. The molecule has 6 heteroatoms. The number of para-hydroxylation sites is 1. The Morgan fingerprint density at radius 2 is 2.05 bits per heavy atom. The normalized spacial score (nSPS) is 12.3. The van der Waals surface area contributed by atoms with Gasteiger partial charge in [-0.15, -0.1) is 0 Å². The van der Waals surface area contributed by atoms with Crippen LogP contribution in [0.25, 0.3) is 10.9 Å². The predicted octanol–water partition coefficient (Wildman–Crippen LogP) is 0.902. The van der Waals surface area contributed by atoms with Crippen molar-refractivity contribution in [3.05, 3.63) is 36.0 Å². The summed E-state index contributed by atoms with van der Waals surface area (Å²) in [5.74, 6) is -1.49. The Kier molecular flexibility index (Phi) is 4.59. The number of fused-ring (bicyclic) bond motifs is 1. The first-order chi connectivity index (χ1) is 9.99. The summed E-state index contributed by atoms with van der Waals surface area (Å²) in [4.78, 5) is 22.4. The molecule has 2 rings (SSSR count). The molecule has 0 unspecified atom stereocenters. The maximum absolute atomic E-state index is 11.9. The number of nitrogens with zero attached hydrogens (tertiary/aromatic N) is 1. The number of aliphatic hydroxyl groups excluding tert-OH is 1. The molecule has 0 radical (unpaired) electrons. The highest BCUT2D eigenvalue weighted by Crippen LogP contribution is 2.18. The van der Waals surface area contributed by atoms with Crippen LogP contribution in [0.2, 0.25) is 0 Å². The summed E-state index contributed by atoms with van der Waals surface area (Å²) in [7, 11) is 0. The molecule has 1 heterocycles. The number of benzene rings is 1. The van der Waals surface area contributed by atoms with E-state index in [1.165, 1.54) is 0 Å². The summed E-state index contributed by atoms with van der Waals surface area (Å²) < 4.78 is 1.90. The highest BCUT2D eigenvalue weighted by molar-refractivity contribution is 5.84. The summed E-state index contributed by atoms with van der Waals surface area (Å²) in [5, 5.41) is 21.4. The van der Waals surface area contributed by atoms with Crippen LogP contribution in [0.4, 0.5) is 0 Å². The Labute approximate surface area is 122 Å². The number of carbonyl (C=O) groups excluding carboxylic acids is 1. The number of aryl methyl sites for hydroxylation is 1. The molecule has 0 aliphatic carbocycles. The molecule has 3 N–H and O–H groups in total. The Balaban J connectivity index is 1.96. The molecule has 1 amide bonds. The van der Waals surface area contributed by atoms with Gasteiger partial charge in [0.15, 0.2) is 6.10 Å². The van der Waals surface area contributed by atoms with Gasteiger partial charge in [-0.1, -0.05) is 18.2 Å². The number of rotatable bonds is 6. The molecule has 6 nitrogen and oxygen atoms in total. The van der Waals surface area contributed by atoms with E-state index in [1.54, 1.807) is 0 Å². The lowest BCUT2D eigenvalue weighted by Crippen LogP contribution is -2.32. The van der Waals surface area contributed by atoms with Crippen molar-refractivity contribution in [3.63, 3.8) is 0 Å². The molecule has 21 heavy (non-hydrogen) atoms. The van der Waals surface area contributed by atoms with E-state index in [0.717, 1.165) is 16.6 Å². The zero-order chi connectivity index (χ0) is 15.4. The van der Waals surface area contributed by atoms with Crippen molar-refractivity contribution in [2.75, 3.05) is 6.54 Å². The quantitative estimate of drug-likeness (QED) is 0.737. The van der Waals surface area contributed by atoms with Gasteiger partial charge in [0, 0.05) is 24.2 Å². The fourth-order valence-corrected chi connectivity index (χ4v) is 2.23. The van der Waals surface area contributed by atoms with E-state index in [9.17, 15) is 9.59 Å². The van der Waals surface area contributed by atoms with Crippen molar-refractivity contribution in [2.24, 2.45) is 0 Å². The summed E-state index contributed by atoms with van der Waals surface area (Å²) in [6, 6.07) is 9.80. The largest absolute Gasteiger partial charge is 0.479 e. The lowest BCUT2D eigenvalue weighted by Gasteiger charge is -2.10. The van der Waals surface area contributed by atoms with E-state index in [4.69, 9.17) is 10.2 Å². The van der Waals surface area contributed by atoms with Crippen LogP contribution in [0.15, 0.2) is 30.3 Å². The lowest BCUT2D eigenvalue weighted by atomic mass is 10.2. The van der Waals surface area contributed by atoms with E-state index in [-0.39, 0.29) is 25.4 Å². The third-order valence-electron chi connectivity index (χ3n) is 3.34. The molecule has 0 aliphatic heterocycles. The first-order valence-electron chi connectivity index (χ1n) is 6.71. The number of hydrogen-bond acceptors (Lipinski definition) is 3. The van der Waals surface area contributed by atoms with Crippen LogP contribution in [0.5, 0.6) is 0 Å². The average molecular weight is 290 g/mol. The molecule has 0 bridgehead atoms. The number of aliphatic carboxylic acids is 1. The first-order valence-corrected chi connectivity index (χ1v) is 6.71. The van der Waals surface area contributed by atoms with Crippen LogP contribution in [0.1, 0.15) is 12.1 Å². The second kappa shape index (κ2) is 6.41. The second-order valence-electron chi connectivity index (χ2n) is 4.92. The van der Waals surface area contributed by atoms with Gasteiger partial charge in [-0.25, -0.2) is 4.79 Å². The van der Waals surface area contributed by atoms with Crippen LogP contribution < -0.4 is 5.32 Å². The third kappa shape index (κ3) is 3.61. The van der Waals surface area contributed by atoms with Gasteiger partial charge in [-0.2, -0.15) is 0 Å². The lowest BCUT2D eigenvalue weighted by molar-refractivity contribution is -0.147. The number of carboxylic acids is 1. The Bertz CT molecular complexity index is 663. The molecule has 0 spiro atoms. The molecule has 0 fully saturated rings. The van der Waals surface area contributed by atoms with Gasteiger partial charge in [0.25, 0.3) is 0 Å². The van der Waals surface area contributed by atoms with Crippen LogP contribution >= 0.6 is 0 Å². The zero-order valence-electron chi connectivity index (χ0n) is 11.7. The van der Waals surface area contributed by atoms with Crippen LogP contribution in [0, 0.1) is 6.92 Å². The van der Waals surface area contributed by atoms with Crippen molar-refractivity contribution in [1.29, 1.82) is 0 Å². The van der Waals surface area contributed by atoms with E-state index < -0.39 is 12.1 Å². The van der Waals surface area contributed by atoms with Crippen molar-refractivity contribution in [1.82, 2.24) is 9.88 Å². The number of carboxylic acid groups (broad SMARTS) is 1. The van der Waals surface area contributed by atoms with Gasteiger partial charge in [0.05, 0.1) is 0 Å². The minimum atomic E-state index is -1.44. The standard InChI is InChI=1S/C15H18N2O4/c1-10-8-11-4-2-3-5-12(11)17(10)9-14(19)16-7-6-13(18)15(20)21/h2-5,8,13,18H,6-7,9H2,1H3,(H,16,19)(H,20,21)/t13-/m0/s1. The number of aliphatic hydroxyl groups is 1. The van der Waals surface area contributed by atoms with Gasteiger partial charge in [-0.05, 0) is 24.4 Å². The molecule has 1 aromatic carbocycles. The highest BCUT2D eigenvalue weighted by Gasteiger charge is 2.13. The Morgan fingerprint density at radius 1 is 1.33 bits per heavy atom. The second-order valence-corrected chi connectivity index (χ2v) is 4.92. The van der Waals surface area contributed by atoms with E-state index in [2.05, 4.69) is 5.32 Å².